The van der Waals surface area contributed by atoms with Gasteiger partial charge in [0.05, 0.1) is 5.92 Å². The molecule has 0 aliphatic rings. The van der Waals surface area contributed by atoms with Crippen LogP contribution in [0.4, 0.5) is 0 Å². The van der Waals surface area contributed by atoms with Crippen LogP contribution in [0.25, 0.3) is 0 Å². The smallest absolute Gasteiger partial charge is 0.236 e. The van der Waals surface area contributed by atoms with Crippen molar-refractivity contribution in [3.05, 3.63) is 35.9 Å². The maximum Gasteiger partial charge on any atom is 0.236 e. The average molecular weight is 267 g/mol. The van der Waals surface area contributed by atoms with Crippen molar-refractivity contribution in [1.29, 1.82) is 0 Å². The molecule has 7 heteroatoms. The van der Waals surface area contributed by atoms with Crippen molar-refractivity contribution in [2.24, 2.45) is 5.92 Å². The summed E-state index contributed by atoms with van der Waals surface area (Å²) in [5, 5.41) is 10.5. The zero-order valence-corrected chi connectivity index (χ0v) is 10.5. The Bertz CT molecular complexity index is 450. The lowest BCUT2D eigenvalue weighted by atomic mass is 9.99. The van der Waals surface area contributed by atoms with Crippen LogP contribution < -0.4 is 16.3 Å². The summed E-state index contributed by atoms with van der Waals surface area (Å²) in [4.78, 5) is 23.6. The fourth-order valence-corrected chi connectivity index (χ4v) is 1.42. The average Bonchev–Trinajstić information content (AvgIpc) is 2.38. The van der Waals surface area contributed by atoms with Gasteiger partial charge in [-0.2, -0.15) is 0 Å². The Balaban J connectivity index is 2.64. The van der Waals surface area contributed by atoms with E-state index >= 15 is 0 Å². The van der Waals surface area contributed by atoms with E-state index in [-0.39, 0.29) is 10.9 Å². The van der Waals surface area contributed by atoms with E-state index in [1.807, 2.05) is 0 Å². The Morgan fingerprint density at radius 1 is 1.28 bits per heavy atom. The molecule has 0 aliphatic carbocycles. The van der Waals surface area contributed by atoms with Gasteiger partial charge in [0.25, 0.3) is 0 Å². The van der Waals surface area contributed by atoms with Crippen molar-refractivity contribution in [3.8, 4) is 0 Å². The van der Waals surface area contributed by atoms with E-state index in [0.29, 0.717) is 5.56 Å². The van der Waals surface area contributed by atoms with E-state index in [1.165, 1.54) is 6.92 Å². The molecule has 96 valence electrons. The number of thiocarbonyl (C=S) groups is 1. The second-order valence-corrected chi connectivity index (χ2v) is 3.92. The van der Waals surface area contributed by atoms with Crippen molar-refractivity contribution >= 4 is 29.0 Å². The highest BCUT2D eigenvalue weighted by atomic mass is 32.1. The van der Waals surface area contributed by atoms with Crippen LogP contribution in [0.2, 0.25) is 0 Å². The molecule has 6 nitrogen and oxygen atoms in total. The molecule has 1 aromatic rings. The number of hydrazine groups is 1. The summed E-state index contributed by atoms with van der Waals surface area (Å²) in [5.41, 5.74) is 4.14. The minimum Gasteiger partial charge on any atom is -0.301 e. The SMILES string of the molecule is CC(C(=O)NC(=S)NNO)C(=O)c1ccccc1. The van der Waals surface area contributed by atoms with Crippen LogP contribution in [-0.4, -0.2) is 22.0 Å². The fourth-order valence-electron chi connectivity index (χ4n) is 1.27. The highest BCUT2D eigenvalue weighted by molar-refractivity contribution is 7.80. The van der Waals surface area contributed by atoms with Gasteiger partial charge < -0.3 is 5.32 Å². The van der Waals surface area contributed by atoms with Crippen LogP contribution >= 0.6 is 12.2 Å². The predicted molar refractivity (Wildman–Crippen MR) is 68.7 cm³/mol. The number of Topliss-reactive ketones (excluding diaryl/α,β-unsaturated/α-hetero) is 1. The lowest BCUT2D eigenvalue weighted by Crippen LogP contribution is -2.47. The molecule has 18 heavy (non-hydrogen) atoms. The molecule has 0 radical (unpaired) electrons. The number of hydrogen-bond donors (Lipinski definition) is 4. The number of hydrogen-bond acceptors (Lipinski definition) is 5. The summed E-state index contributed by atoms with van der Waals surface area (Å²) >= 11 is 4.68. The molecule has 0 saturated carbocycles. The minimum atomic E-state index is -0.870. The maximum absolute atomic E-state index is 11.9. The summed E-state index contributed by atoms with van der Waals surface area (Å²) in [6.07, 6.45) is 0. The third-order valence-electron chi connectivity index (χ3n) is 2.25. The third kappa shape index (κ3) is 3.88. The van der Waals surface area contributed by atoms with Crippen LogP contribution in [0, 0.1) is 5.92 Å². The molecular formula is C11H13N3O3S. The van der Waals surface area contributed by atoms with Gasteiger partial charge in [-0.15, -0.1) is 5.59 Å². The van der Waals surface area contributed by atoms with Crippen molar-refractivity contribution < 1.29 is 14.8 Å². The Kier molecular flexibility index (Phi) is 5.37. The topological polar surface area (TPSA) is 90.5 Å². The van der Waals surface area contributed by atoms with Gasteiger partial charge in [0.1, 0.15) is 0 Å². The van der Waals surface area contributed by atoms with Crippen LogP contribution in [0.3, 0.4) is 0 Å². The quantitative estimate of drug-likeness (QED) is 0.273. The molecule has 0 aromatic heterocycles. The molecule has 1 amide bonds. The lowest BCUT2D eigenvalue weighted by molar-refractivity contribution is -0.121. The first kappa shape index (κ1) is 14.2. The Morgan fingerprint density at radius 3 is 2.44 bits per heavy atom. The zero-order chi connectivity index (χ0) is 13.5. The first-order valence-electron chi connectivity index (χ1n) is 5.15. The van der Waals surface area contributed by atoms with E-state index in [4.69, 9.17) is 5.21 Å². The largest absolute Gasteiger partial charge is 0.301 e. The second kappa shape index (κ2) is 6.80. The summed E-state index contributed by atoms with van der Waals surface area (Å²) in [6, 6.07) is 8.50. The molecule has 1 rings (SSSR count). The second-order valence-electron chi connectivity index (χ2n) is 3.51. The van der Waals surface area contributed by atoms with E-state index in [1.54, 1.807) is 35.9 Å². The molecule has 0 bridgehead atoms. The van der Waals surface area contributed by atoms with Gasteiger partial charge in [-0.05, 0) is 19.1 Å². The van der Waals surface area contributed by atoms with Gasteiger partial charge in [0, 0.05) is 5.56 Å². The number of amides is 1. The van der Waals surface area contributed by atoms with Gasteiger partial charge >= 0.3 is 0 Å². The molecule has 0 saturated heterocycles. The van der Waals surface area contributed by atoms with Gasteiger partial charge in [0.15, 0.2) is 10.9 Å². The number of carbonyl (C=O) groups is 2. The highest BCUT2D eigenvalue weighted by Gasteiger charge is 2.23. The van der Waals surface area contributed by atoms with Crippen LogP contribution in [0.1, 0.15) is 17.3 Å². The van der Waals surface area contributed by atoms with Gasteiger partial charge in [-0.25, -0.2) is 0 Å². The minimum absolute atomic E-state index is 0.116. The molecule has 0 aliphatic heterocycles. The van der Waals surface area contributed by atoms with E-state index in [9.17, 15) is 9.59 Å². The van der Waals surface area contributed by atoms with Crippen molar-refractivity contribution in [2.45, 2.75) is 6.92 Å². The van der Waals surface area contributed by atoms with Crippen LogP contribution in [0.5, 0.6) is 0 Å². The van der Waals surface area contributed by atoms with Crippen molar-refractivity contribution in [2.75, 3.05) is 0 Å². The molecular weight excluding hydrogens is 254 g/mol. The highest BCUT2D eigenvalue weighted by Crippen LogP contribution is 2.08. The first-order chi connectivity index (χ1) is 8.56. The number of rotatable bonds is 4. The normalized spacial score (nSPS) is 11.4. The van der Waals surface area contributed by atoms with Crippen molar-refractivity contribution in [3.63, 3.8) is 0 Å². The summed E-state index contributed by atoms with van der Waals surface area (Å²) in [5.74, 6) is -1.71. The number of benzene rings is 1. The molecule has 0 fully saturated rings. The van der Waals surface area contributed by atoms with E-state index < -0.39 is 11.8 Å². The first-order valence-corrected chi connectivity index (χ1v) is 5.56. The third-order valence-corrected chi connectivity index (χ3v) is 2.46. The Labute approximate surface area is 109 Å². The molecule has 1 atom stereocenters. The summed E-state index contributed by atoms with van der Waals surface area (Å²) in [7, 11) is 0. The molecule has 1 unspecified atom stereocenters. The van der Waals surface area contributed by atoms with Gasteiger partial charge in [0.2, 0.25) is 5.91 Å². The van der Waals surface area contributed by atoms with Crippen LogP contribution in [-0.2, 0) is 4.79 Å². The maximum atomic E-state index is 11.9. The number of carbonyl (C=O) groups excluding carboxylic acids is 2. The molecule has 0 heterocycles. The summed E-state index contributed by atoms with van der Waals surface area (Å²) < 4.78 is 0. The molecule has 4 N–H and O–H groups in total. The predicted octanol–water partition coefficient (Wildman–Crippen LogP) is 0.390. The van der Waals surface area contributed by atoms with Gasteiger partial charge in [-0.3, -0.25) is 20.2 Å². The van der Waals surface area contributed by atoms with Crippen molar-refractivity contribution in [1.82, 2.24) is 16.3 Å². The number of nitrogens with one attached hydrogen (secondary N) is 3. The Hall–Kier alpha value is -1.83. The number of ketones is 1. The lowest BCUT2D eigenvalue weighted by Gasteiger charge is -2.12. The molecule has 0 spiro atoms. The van der Waals surface area contributed by atoms with Crippen LogP contribution in [0.15, 0.2) is 30.3 Å². The molecule has 1 aromatic carbocycles. The standard InChI is InChI=1S/C11H13N3O3S/c1-7(10(16)12-11(18)13-14-17)9(15)8-5-3-2-4-6-8/h2-7,14,17H,1H3,(H2,12,13,16,18). The Morgan fingerprint density at radius 2 is 1.89 bits per heavy atom. The fraction of sp³-hybridized carbons (Fsp3) is 0.182. The zero-order valence-electron chi connectivity index (χ0n) is 9.64. The van der Waals surface area contributed by atoms with E-state index in [0.717, 1.165) is 0 Å². The summed E-state index contributed by atoms with van der Waals surface area (Å²) in [6.45, 7) is 1.49. The van der Waals surface area contributed by atoms with E-state index in [2.05, 4.69) is 23.0 Å². The monoisotopic (exact) mass is 267 g/mol. The van der Waals surface area contributed by atoms with Gasteiger partial charge in [-0.1, -0.05) is 30.3 Å².